The number of sulfonamides is 1. The third-order valence-corrected chi connectivity index (χ3v) is 7.69. The molecule has 0 spiro atoms. The quantitative estimate of drug-likeness (QED) is 0.607. The molecule has 0 unspecified atom stereocenters. The molecule has 5 nitrogen and oxygen atoms in total. The van der Waals surface area contributed by atoms with Crippen LogP contribution in [0.25, 0.3) is 0 Å². The predicted molar refractivity (Wildman–Crippen MR) is 120 cm³/mol. The molecule has 0 aliphatic carbocycles. The van der Waals surface area contributed by atoms with E-state index < -0.39 is 27.8 Å². The zero-order chi connectivity index (χ0) is 22.6. The van der Waals surface area contributed by atoms with Crippen LogP contribution in [0.3, 0.4) is 0 Å². The van der Waals surface area contributed by atoms with Gasteiger partial charge in [-0.2, -0.15) is 4.31 Å². The van der Waals surface area contributed by atoms with Crippen molar-refractivity contribution in [3.8, 4) is 0 Å². The van der Waals surface area contributed by atoms with Crippen LogP contribution in [0.4, 0.5) is 4.39 Å². The predicted octanol–water partition coefficient (Wildman–Crippen LogP) is 4.28. The van der Waals surface area contributed by atoms with Crippen molar-refractivity contribution in [1.82, 2.24) is 9.62 Å². The standard InChI is InChI=1S/C25H25FN2O3S/c26-22-11-7-10-20(16-22)24-15-14-21(25(29)27-17-19-8-3-1-4-9-19)18-28(24)32(30,31)23-12-5-2-6-13-23/h1-13,16,21,24H,14-15,17-18H2,(H,27,29)/t21-,24-/m1/s1. The lowest BCUT2D eigenvalue weighted by molar-refractivity contribution is -0.126. The average Bonchev–Trinajstić information content (AvgIpc) is 2.83. The molecule has 1 heterocycles. The molecule has 1 aliphatic rings. The maximum Gasteiger partial charge on any atom is 0.243 e. The Morgan fingerprint density at radius 2 is 1.62 bits per heavy atom. The Bertz CT molecular complexity index is 1170. The molecule has 1 amide bonds. The Kier molecular flexibility index (Phi) is 6.67. The van der Waals surface area contributed by atoms with Crippen LogP contribution in [0.1, 0.15) is 30.0 Å². The van der Waals surface area contributed by atoms with Crippen molar-refractivity contribution < 1.29 is 17.6 Å². The molecule has 0 saturated carbocycles. The molecule has 32 heavy (non-hydrogen) atoms. The minimum atomic E-state index is -3.87. The van der Waals surface area contributed by atoms with Gasteiger partial charge in [-0.3, -0.25) is 4.79 Å². The molecule has 0 aromatic heterocycles. The lowest BCUT2D eigenvalue weighted by atomic mass is 9.90. The molecule has 7 heteroatoms. The van der Waals surface area contributed by atoms with E-state index in [0.717, 1.165) is 5.56 Å². The van der Waals surface area contributed by atoms with Gasteiger partial charge in [0.1, 0.15) is 5.82 Å². The van der Waals surface area contributed by atoms with Crippen LogP contribution < -0.4 is 5.32 Å². The Morgan fingerprint density at radius 3 is 2.31 bits per heavy atom. The molecule has 0 radical (unpaired) electrons. The summed E-state index contributed by atoms with van der Waals surface area (Å²) >= 11 is 0. The minimum absolute atomic E-state index is 0.0407. The van der Waals surface area contributed by atoms with E-state index in [9.17, 15) is 17.6 Å². The summed E-state index contributed by atoms with van der Waals surface area (Å²) in [5, 5.41) is 2.92. The van der Waals surface area contributed by atoms with E-state index in [1.165, 1.54) is 28.6 Å². The van der Waals surface area contributed by atoms with Crippen molar-refractivity contribution in [1.29, 1.82) is 0 Å². The molecular weight excluding hydrogens is 427 g/mol. The van der Waals surface area contributed by atoms with Gasteiger partial charge in [0.25, 0.3) is 0 Å². The van der Waals surface area contributed by atoms with E-state index in [1.54, 1.807) is 30.3 Å². The molecule has 2 atom stereocenters. The highest BCUT2D eigenvalue weighted by Gasteiger charge is 2.40. The van der Waals surface area contributed by atoms with Crippen LogP contribution in [-0.2, 0) is 21.4 Å². The number of halogens is 1. The van der Waals surface area contributed by atoms with E-state index in [2.05, 4.69) is 5.32 Å². The molecule has 4 rings (SSSR count). The molecule has 1 aliphatic heterocycles. The molecule has 166 valence electrons. The maximum atomic E-state index is 13.9. The van der Waals surface area contributed by atoms with Crippen LogP contribution in [0.15, 0.2) is 89.8 Å². The topological polar surface area (TPSA) is 66.5 Å². The van der Waals surface area contributed by atoms with Crippen LogP contribution in [0.5, 0.6) is 0 Å². The van der Waals surface area contributed by atoms with Gasteiger partial charge in [0.05, 0.1) is 16.9 Å². The summed E-state index contributed by atoms with van der Waals surface area (Å²) in [7, 11) is -3.87. The second-order valence-corrected chi connectivity index (χ2v) is 9.83. The summed E-state index contributed by atoms with van der Waals surface area (Å²) in [4.78, 5) is 13.0. The van der Waals surface area contributed by atoms with Crippen molar-refractivity contribution in [2.75, 3.05) is 6.54 Å². The number of nitrogens with zero attached hydrogens (tertiary/aromatic N) is 1. The molecule has 1 fully saturated rings. The Hall–Kier alpha value is -3.03. The zero-order valence-corrected chi connectivity index (χ0v) is 18.3. The van der Waals surface area contributed by atoms with Gasteiger partial charge in [0, 0.05) is 13.1 Å². The van der Waals surface area contributed by atoms with Gasteiger partial charge in [-0.05, 0) is 48.2 Å². The van der Waals surface area contributed by atoms with Crippen molar-refractivity contribution in [2.24, 2.45) is 5.92 Å². The SMILES string of the molecule is O=C(NCc1ccccc1)[C@@H]1CC[C@H](c2cccc(F)c2)N(S(=O)(=O)c2ccccc2)C1. The second-order valence-electron chi connectivity index (χ2n) is 7.94. The van der Waals surface area contributed by atoms with Crippen LogP contribution in [0.2, 0.25) is 0 Å². The number of hydrogen-bond acceptors (Lipinski definition) is 3. The van der Waals surface area contributed by atoms with Gasteiger partial charge in [0.2, 0.25) is 15.9 Å². The maximum absolute atomic E-state index is 13.9. The normalized spacial score (nSPS) is 19.4. The highest BCUT2D eigenvalue weighted by Crippen LogP contribution is 2.37. The molecule has 1 saturated heterocycles. The van der Waals surface area contributed by atoms with E-state index in [0.29, 0.717) is 24.9 Å². The van der Waals surface area contributed by atoms with Crippen molar-refractivity contribution >= 4 is 15.9 Å². The van der Waals surface area contributed by atoms with Gasteiger partial charge in [-0.25, -0.2) is 12.8 Å². The fourth-order valence-corrected chi connectivity index (χ4v) is 5.83. The van der Waals surface area contributed by atoms with E-state index in [4.69, 9.17) is 0 Å². The lowest BCUT2D eigenvalue weighted by Gasteiger charge is -2.38. The molecule has 0 bridgehead atoms. The summed E-state index contributed by atoms with van der Waals surface area (Å²) in [6, 6.07) is 23.2. The molecule has 3 aromatic carbocycles. The van der Waals surface area contributed by atoms with E-state index in [1.807, 2.05) is 30.3 Å². The van der Waals surface area contributed by atoms with Crippen LogP contribution >= 0.6 is 0 Å². The monoisotopic (exact) mass is 452 g/mol. The van der Waals surface area contributed by atoms with Gasteiger partial charge in [0.15, 0.2) is 0 Å². The third kappa shape index (κ3) is 4.89. The molecular formula is C25H25FN2O3S. The number of nitrogens with one attached hydrogen (secondary N) is 1. The van der Waals surface area contributed by atoms with Gasteiger partial charge >= 0.3 is 0 Å². The highest BCUT2D eigenvalue weighted by molar-refractivity contribution is 7.89. The summed E-state index contributed by atoms with van der Waals surface area (Å²) in [5.41, 5.74) is 1.57. The summed E-state index contributed by atoms with van der Waals surface area (Å²) < 4.78 is 42.3. The van der Waals surface area contributed by atoms with E-state index in [-0.39, 0.29) is 17.3 Å². The average molecular weight is 453 g/mol. The number of benzene rings is 3. The van der Waals surface area contributed by atoms with Crippen LogP contribution in [-0.4, -0.2) is 25.2 Å². The number of carbonyl (C=O) groups is 1. The highest BCUT2D eigenvalue weighted by atomic mass is 32.2. The summed E-state index contributed by atoms with van der Waals surface area (Å²) in [6.45, 7) is 0.425. The Labute approximate surface area is 187 Å². The lowest BCUT2D eigenvalue weighted by Crippen LogP contribution is -2.46. The van der Waals surface area contributed by atoms with Crippen molar-refractivity contribution in [2.45, 2.75) is 30.3 Å². The minimum Gasteiger partial charge on any atom is -0.352 e. The van der Waals surface area contributed by atoms with E-state index >= 15 is 0 Å². The Morgan fingerprint density at radius 1 is 0.938 bits per heavy atom. The number of carbonyl (C=O) groups excluding carboxylic acids is 1. The number of amides is 1. The first kappa shape index (κ1) is 22.2. The number of hydrogen-bond donors (Lipinski definition) is 1. The Balaban J connectivity index is 1.59. The van der Waals surface area contributed by atoms with Gasteiger partial charge < -0.3 is 5.32 Å². The first-order valence-corrected chi connectivity index (χ1v) is 12.0. The fraction of sp³-hybridized carbons (Fsp3) is 0.240. The van der Waals surface area contributed by atoms with Gasteiger partial charge in [-0.15, -0.1) is 0 Å². The molecule has 3 aromatic rings. The largest absolute Gasteiger partial charge is 0.352 e. The first-order valence-electron chi connectivity index (χ1n) is 10.6. The fourth-order valence-electron chi connectivity index (χ4n) is 4.12. The van der Waals surface area contributed by atoms with Crippen LogP contribution in [0, 0.1) is 11.7 Å². The van der Waals surface area contributed by atoms with Gasteiger partial charge in [-0.1, -0.05) is 60.7 Å². The second kappa shape index (κ2) is 9.63. The van der Waals surface area contributed by atoms with Crippen molar-refractivity contribution in [3.63, 3.8) is 0 Å². The summed E-state index contributed by atoms with van der Waals surface area (Å²) in [6.07, 6.45) is 0.946. The smallest absolute Gasteiger partial charge is 0.243 e. The number of piperidine rings is 1. The van der Waals surface area contributed by atoms with Crippen molar-refractivity contribution in [3.05, 3.63) is 102 Å². The molecule has 1 N–H and O–H groups in total. The number of rotatable bonds is 6. The third-order valence-electron chi connectivity index (χ3n) is 5.80. The first-order chi connectivity index (χ1) is 15.4. The summed E-state index contributed by atoms with van der Waals surface area (Å²) in [5.74, 6) is -1.08. The zero-order valence-electron chi connectivity index (χ0n) is 17.5.